The van der Waals surface area contributed by atoms with Gasteiger partial charge in [-0.3, -0.25) is 0 Å². The second kappa shape index (κ2) is 5.67. The van der Waals surface area contributed by atoms with Crippen LogP contribution in [0, 0.1) is 11.8 Å². The Labute approximate surface area is 100 Å². The van der Waals surface area contributed by atoms with Gasteiger partial charge in [-0.1, -0.05) is 37.6 Å². The maximum absolute atomic E-state index is 10.2. The summed E-state index contributed by atoms with van der Waals surface area (Å²) < 4.78 is 0. The van der Waals surface area contributed by atoms with Crippen molar-refractivity contribution in [1.29, 1.82) is 0 Å². The van der Waals surface area contributed by atoms with Gasteiger partial charge < -0.3 is 5.11 Å². The lowest BCUT2D eigenvalue weighted by molar-refractivity contribution is 0.102. The van der Waals surface area contributed by atoms with E-state index in [0.717, 1.165) is 12.8 Å². The fourth-order valence-corrected chi connectivity index (χ4v) is 2.17. The number of allylic oxidation sites excluding steroid dienone is 3. The number of rotatable bonds is 1. The average Bonchev–Trinajstić information content (AvgIpc) is 2.16. The smallest absolute Gasteiger partial charge is 0.0802 e. The molecule has 0 unspecified atom stereocenters. The zero-order chi connectivity index (χ0) is 12.2. The molecule has 0 amide bonds. The van der Waals surface area contributed by atoms with Crippen molar-refractivity contribution >= 4 is 0 Å². The van der Waals surface area contributed by atoms with Gasteiger partial charge in [-0.2, -0.15) is 0 Å². The standard InChI is InChI=1S/C15H26O/c1-12(2)14-8-7-13(3)6-5-10-15(4,16)11-9-14/h6,9,11-12,14,16H,5,7-8,10H2,1-4H3/b11-9-,13-6?/t14-,15+/m1/s1. The molecule has 0 aromatic heterocycles. The van der Waals surface area contributed by atoms with Crippen LogP contribution in [0.4, 0.5) is 0 Å². The molecule has 0 spiro atoms. The lowest BCUT2D eigenvalue weighted by Gasteiger charge is -2.23. The predicted octanol–water partition coefficient (Wildman–Crippen LogP) is 4.09. The minimum atomic E-state index is -0.638. The van der Waals surface area contributed by atoms with Crippen LogP contribution in [0.5, 0.6) is 0 Å². The minimum absolute atomic E-state index is 0.591. The molecule has 2 atom stereocenters. The molecule has 0 saturated heterocycles. The molecule has 1 aliphatic rings. The van der Waals surface area contributed by atoms with Gasteiger partial charge in [-0.15, -0.1) is 0 Å². The van der Waals surface area contributed by atoms with Gasteiger partial charge in [0.05, 0.1) is 5.60 Å². The molecule has 0 aromatic rings. The first-order valence-electron chi connectivity index (χ1n) is 6.48. The van der Waals surface area contributed by atoms with Crippen LogP contribution in [0.1, 0.15) is 53.4 Å². The molecule has 1 aliphatic carbocycles. The van der Waals surface area contributed by atoms with Crippen molar-refractivity contribution in [3.05, 3.63) is 23.8 Å². The van der Waals surface area contributed by atoms with Crippen LogP contribution in [0.15, 0.2) is 23.8 Å². The summed E-state index contributed by atoms with van der Waals surface area (Å²) >= 11 is 0. The van der Waals surface area contributed by atoms with Crippen LogP contribution in [0.3, 0.4) is 0 Å². The SMILES string of the molecule is CC1=CCC[C@](C)(O)/C=C\[C@H](C(C)C)CC1. The highest BCUT2D eigenvalue weighted by atomic mass is 16.3. The van der Waals surface area contributed by atoms with Crippen LogP contribution >= 0.6 is 0 Å². The molecule has 0 aromatic carbocycles. The van der Waals surface area contributed by atoms with E-state index in [1.807, 2.05) is 13.0 Å². The summed E-state index contributed by atoms with van der Waals surface area (Å²) in [4.78, 5) is 0. The minimum Gasteiger partial charge on any atom is -0.386 e. The van der Waals surface area contributed by atoms with Gasteiger partial charge in [0.15, 0.2) is 0 Å². The first-order valence-corrected chi connectivity index (χ1v) is 6.48. The van der Waals surface area contributed by atoms with Gasteiger partial charge in [0.1, 0.15) is 0 Å². The second-order valence-corrected chi connectivity index (χ2v) is 5.75. The van der Waals surface area contributed by atoms with Gasteiger partial charge in [-0.25, -0.2) is 0 Å². The van der Waals surface area contributed by atoms with E-state index >= 15 is 0 Å². The summed E-state index contributed by atoms with van der Waals surface area (Å²) in [6.45, 7) is 8.63. The van der Waals surface area contributed by atoms with E-state index in [0.29, 0.717) is 11.8 Å². The molecule has 1 rings (SSSR count). The number of aliphatic hydroxyl groups is 1. The summed E-state index contributed by atoms with van der Waals surface area (Å²) in [5, 5.41) is 10.2. The molecule has 0 bridgehead atoms. The maximum atomic E-state index is 10.2. The highest BCUT2D eigenvalue weighted by Gasteiger charge is 2.18. The summed E-state index contributed by atoms with van der Waals surface area (Å²) in [5.41, 5.74) is 0.832. The van der Waals surface area contributed by atoms with Crippen LogP contribution in [-0.4, -0.2) is 10.7 Å². The Morgan fingerprint density at radius 1 is 1.44 bits per heavy atom. The molecule has 0 heterocycles. The van der Waals surface area contributed by atoms with Crippen LogP contribution in [0.2, 0.25) is 0 Å². The molecule has 0 aliphatic heterocycles. The molecular formula is C15H26O. The Morgan fingerprint density at radius 3 is 2.75 bits per heavy atom. The monoisotopic (exact) mass is 222 g/mol. The van der Waals surface area contributed by atoms with Crippen molar-refractivity contribution in [3.63, 3.8) is 0 Å². The molecule has 1 nitrogen and oxygen atoms in total. The average molecular weight is 222 g/mol. The molecule has 0 saturated carbocycles. The van der Waals surface area contributed by atoms with Crippen molar-refractivity contribution in [2.24, 2.45) is 11.8 Å². The molecule has 1 N–H and O–H groups in total. The van der Waals surface area contributed by atoms with E-state index in [1.54, 1.807) is 0 Å². The van der Waals surface area contributed by atoms with Crippen molar-refractivity contribution in [2.45, 2.75) is 59.0 Å². The first kappa shape index (κ1) is 13.5. The molecule has 0 fully saturated rings. The topological polar surface area (TPSA) is 20.2 Å². The number of hydrogen-bond donors (Lipinski definition) is 1. The summed E-state index contributed by atoms with van der Waals surface area (Å²) in [5.74, 6) is 1.24. The fourth-order valence-electron chi connectivity index (χ4n) is 2.17. The van der Waals surface area contributed by atoms with E-state index in [4.69, 9.17) is 0 Å². The zero-order valence-electron chi connectivity index (χ0n) is 11.2. The third-order valence-electron chi connectivity index (χ3n) is 3.57. The summed E-state index contributed by atoms with van der Waals surface area (Å²) in [6.07, 6.45) is 10.7. The Balaban J connectivity index is 2.79. The van der Waals surface area contributed by atoms with E-state index in [1.165, 1.54) is 18.4 Å². The van der Waals surface area contributed by atoms with Gasteiger partial charge in [-0.05, 0) is 51.4 Å². The Bertz CT molecular complexity index is 271. The summed E-state index contributed by atoms with van der Waals surface area (Å²) in [7, 11) is 0. The zero-order valence-corrected chi connectivity index (χ0v) is 11.2. The molecule has 16 heavy (non-hydrogen) atoms. The van der Waals surface area contributed by atoms with Crippen molar-refractivity contribution in [2.75, 3.05) is 0 Å². The Morgan fingerprint density at radius 2 is 2.12 bits per heavy atom. The Hall–Kier alpha value is -0.560. The predicted molar refractivity (Wildman–Crippen MR) is 70.3 cm³/mol. The van der Waals surface area contributed by atoms with Gasteiger partial charge in [0.2, 0.25) is 0 Å². The second-order valence-electron chi connectivity index (χ2n) is 5.75. The van der Waals surface area contributed by atoms with Crippen molar-refractivity contribution in [1.82, 2.24) is 0 Å². The third-order valence-corrected chi connectivity index (χ3v) is 3.57. The third kappa shape index (κ3) is 4.52. The molecule has 1 heteroatoms. The van der Waals surface area contributed by atoms with Crippen LogP contribution in [0.25, 0.3) is 0 Å². The summed E-state index contributed by atoms with van der Waals surface area (Å²) in [6, 6.07) is 0. The first-order chi connectivity index (χ1) is 7.41. The molecular weight excluding hydrogens is 196 g/mol. The van der Waals surface area contributed by atoms with Crippen LogP contribution in [-0.2, 0) is 0 Å². The lowest BCUT2D eigenvalue weighted by atomic mass is 9.86. The van der Waals surface area contributed by atoms with Crippen molar-refractivity contribution < 1.29 is 5.11 Å². The largest absolute Gasteiger partial charge is 0.386 e. The highest BCUT2D eigenvalue weighted by Crippen LogP contribution is 2.25. The van der Waals surface area contributed by atoms with E-state index < -0.39 is 5.60 Å². The fraction of sp³-hybridized carbons (Fsp3) is 0.733. The normalized spacial score (nSPS) is 34.6. The lowest BCUT2D eigenvalue weighted by Crippen LogP contribution is -2.21. The number of hydrogen-bond acceptors (Lipinski definition) is 1. The van der Waals surface area contributed by atoms with E-state index in [9.17, 15) is 5.11 Å². The Kier molecular flexibility index (Phi) is 4.79. The molecule has 0 radical (unpaired) electrons. The van der Waals surface area contributed by atoms with E-state index in [-0.39, 0.29) is 0 Å². The van der Waals surface area contributed by atoms with Crippen molar-refractivity contribution in [3.8, 4) is 0 Å². The van der Waals surface area contributed by atoms with Gasteiger partial charge >= 0.3 is 0 Å². The quantitative estimate of drug-likeness (QED) is 0.663. The van der Waals surface area contributed by atoms with Crippen LogP contribution < -0.4 is 0 Å². The molecule has 92 valence electrons. The van der Waals surface area contributed by atoms with Gasteiger partial charge in [0, 0.05) is 0 Å². The van der Waals surface area contributed by atoms with Gasteiger partial charge in [0.25, 0.3) is 0 Å². The maximum Gasteiger partial charge on any atom is 0.0802 e. The van der Waals surface area contributed by atoms with E-state index in [2.05, 4.69) is 32.9 Å². The highest BCUT2D eigenvalue weighted by molar-refractivity contribution is 5.07.